The summed E-state index contributed by atoms with van der Waals surface area (Å²) >= 11 is 0. The molecule has 2 aromatic rings. The minimum atomic E-state index is -0.305. The average molecular weight is 342 g/mol. The van der Waals surface area contributed by atoms with Gasteiger partial charge in [0.1, 0.15) is 12.7 Å². The van der Waals surface area contributed by atoms with Gasteiger partial charge in [0.05, 0.1) is 11.7 Å². The van der Waals surface area contributed by atoms with E-state index < -0.39 is 0 Å². The Hall–Kier alpha value is -2.90. The SMILES string of the molecule is CCCN1C[C@H](NC(=O)Nc2cc(-n3cnnc3)ccc2C)CC1=O. The van der Waals surface area contributed by atoms with Crippen LogP contribution in [0.3, 0.4) is 0 Å². The van der Waals surface area contributed by atoms with Gasteiger partial charge in [0.2, 0.25) is 5.91 Å². The summed E-state index contributed by atoms with van der Waals surface area (Å²) in [5, 5.41) is 13.3. The van der Waals surface area contributed by atoms with Gasteiger partial charge >= 0.3 is 6.03 Å². The zero-order valence-corrected chi connectivity index (χ0v) is 14.4. The lowest BCUT2D eigenvalue weighted by Gasteiger charge is -2.17. The molecule has 25 heavy (non-hydrogen) atoms. The fraction of sp³-hybridized carbons (Fsp3) is 0.412. The predicted molar refractivity (Wildman–Crippen MR) is 93.5 cm³/mol. The van der Waals surface area contributed by atoms with Gasteiger partial charge in [0.25, 0.3) is 0 Å². The number of aromatic nitrogens is 3. The highest BCUT2D eigenvalue weighted by Gasteiger charge is 2.29. The lowest BCUT2D eigenvalue weighted by molar-refractivity contribution is -0.127. The predicted octanol–water partition coefficient (Wildman–Crippen LogP) is 1.71. The number of urea groups is 1. The quantitative estimate of drug-likeness (QED) is 0.865. The Morgan fingerprint density at radius 2 is 2.08 bits per heavy atom. The topological polar surface area (TPSA) is 92.2 Å². The molecule has 0 saturated carbocycles. The second kappa shape index (κ2) is 7.33. The lowest BCUT2D eigenvalue weighted by Crippen LogP contribution is -2.39. The van der Waals surface area contributed by atoms with Crippen molar-refractivity contribution in [3.8, 4) is 5.69 Å². The highest BCUT2D eigenvalue weighted by atomic mass is 16.2. The normalized spacial score (nSPS) is 17.0. The first kappa shape index (κ1) is 16.9. The number of hydrogen-bond acceptors (Lipinski definition) is 4. The van der Waals surface area contributed by atoms with Crippen LogP contribution in [0.2, 0.25) is 0 Å². The number of amides is 3. The van der Waals surface area contributed by atoms with Crippen LogP contribution in [-0.2, 0) is 4.79 Å². The Morgan fingerprint density at radius 3 is 2.80 bits per heavy atom. The lowest BCUT2D eigenvalue weighted by atomic mass is 10.2. The molecule has 1 aromatic carbocycles. The average Bonchev–Trinajstić information content (AvgIpc) is 3.21. The largest absolute Gasteiger partial charge is 0.341 e. The molecule has 2 N–H and O–H groups in total. The van der Waals surface area contributed by atoms with Gasteiger partial charge in [0.15, 0.2) is 0 Å². The Balaban J connectivity index is 1.63. The highest BCUT2D eigenvalue weighted by Crippen LogP contribution is 2.19. The maximum Gasteiger partial charge on any atom is 0.319 e. The Bertz CT molecular complexity index is 759. The molecule has 3 rings (SSSR count). The molecule has 3 amide bonds. The molecule has 1 saturated heterocycles. The number of nitrogens with one attached hydrogen (secondary N) is 2. The van der Waals surface area contributed by atoms with Crippen molar-refractivity contribution in [3.05, 3.63) is 36.4 Å². The monoisotopic (exact) mass is 342 g/mol. The number of carbonyl (C=O) groups excluding carboxylic acids is 2. The summed E-state index contributed by atoms with van der Waals surface area (Å²) in [7, 11) is 0. The van der Waals surface area contributed by atoms with Gasteiger partial charge in [-0.2, -0.15) is 0 Å². The van der Waals surface area contributed by atoms with E-state index in [1.807, 2.05) is 32.0 Å². The molecule has 1 aliphatic heterocycles. The maximum absolute atomic E-state index is 12.3. The standard InChI is InChI=1S/C17H22N6O2/c1-3-6-22-9-13(7-16(22)24)20-17(25)21-15-8-14(5-4-12(15)2)23-10-18-19-11-23/h4-5,8,10-11,13H,3,6-7,9H2,1-2H3,(H2,20,21,25)/t13-/m1/s1. The molecule has 0 unspecified atom stereocenters. The first-order chi connectivity index (χ1) is 12.1. The van der Waals surface area contributed by atoms with Gasteiger partial charge in [-0.25, -0.2) is 4.79 Å². The Morgan fingerprint density at radius 1 is 1.32 bits per heavy atom. The van der Waals surface area contributed by atoms with Gasteiger partial charge in [-0.15, -0.1) is 10.2 Å². The smallest absolute Gasteiger partial charge is 0.319 e. The fourth-order valence-corrected chi connectivity index (χ4v) is 2.94. The van der Waals surface area contributed by atoms with Crippen molar-refractivity contribution in [1.82, 2.24) is 25.0 Å². The molecular formula is C17H22N6O2. The minimum absolute atomic E-state index is 0.0953. The van der Waals surface area contributed by atoms with E-state index in [-0.39, 0.29) is 18.0 Å². The van der Waals surface area contributed by atoms with Gasteiger partial charge in [-0.05, 0) is 31.0 Å². The van der Waals surface area contributed by atoms with Crippen molar-refractivity contribution >= 4 is 17.6 Å². The van der Waals surface area contributed by atoms with Gasteiger partial charge in [-0.3, -0.25) is 9.36 Å². The summed E-state index contributed by atoms with van der Waals surface area (Å²) in [4.78, 5) is 26.0. The van der Waals surface area contributed by atoms with Crippen molar-refractivity contribution in [2.24, 2.45) is 0 Å². The van der Waals surface area contributed by atoms with E-state index in [4.69, 9.17) is 0 Å². The summed E-state index contributed by atoms with van der Waals surface area (Å²) in [5.41, 5.74) is 2.51. The van der Waals surface area contributed by atoms with Gasteiger partial charge < -0.3 is 15.5 Å². The van der Waals surface area contributed by atoms with Crippen LogP contribution < -0.4 is 10.6 Å². The van der Waals surface area contributed by atoms with Crippen LogP contribution in [0.5, 0.6) is 0 Å². The number of rotatable bonds is 5. The van der Waals surface area contributed by atoms with E-state index in [9.17, 15) is 9.59 Å². The van der Waals surface area contributed by atoms with E-state index >= 15 is 0 Å². The molecule has 1 aliphatic rings. The van der Waals surface area contributed by atoms with Crippen LogP contribution in [0.15, 0.2) is 30.9 Å². The third-order valence-electron chi connectivity index (χ3n) is 4.23. The third kappa shape index (κ3) is 3.96. The van der Waals surface area contributed by atoms with Crippen LogP contribution in [0.4, 0.5) is 10.5 Å². The van der Waals surface area contributed by atoms with Crippen LogP contribution in [0.25, 0.3) is 5.69 Å². The third-order valence-corrected chi connectivity index (χ3v) is 4.23. The van der Waals surface area contributed by atoms with Crippen molar-refractivity contribution in [1.29, 1.82) is 0 Å². The van der Waals surface area contributed by atoms with Crippen molar-refractivity contribution in [2.45, 2.75) is 32.7 Å². The second-order valence-electron chi connectivity index (χ2n) is 6.21. The van der Waals surface area contributed by atoms with Crippen LogP contribution in [-0.4, -0.2) is 50.7 Å². The van der Waals surface area contributed by atoms with Crippen LogP contribution >= 0.6 is 0 Å². The molecule has 8 heteroatoms. The number of aryl methyl sites for hydroxylation is 1. The summed E-state index contributed by atoms with van der Waals surface area (Å²) in [6.45, 7) is 5.26. The highest BCUT2D eigenvalue weighted by molar-refractivity contribution is 5.91. The second-order valence-corrected chi connectivity index (χ2v) is 6.21. The molecule has 0 bridgehead atoms. The Kier molecular flexibility index (Phi) is 4.97. The van der Waals surface area contributed by atoms with E-state index in [0.29, 0.717) is 18.7 Å². The molecule has 0 radical (unpaired) electrons. The first-order valence-corrected chi connectivity index (χ1v) is 8.37. The fourth-order valence-electron chi connectivity index (χ4n) is 2.94. The van der Waals surface area contributed by atoms with Gasteiger partial charge in [0, 0.05) is 25.2 Å². The summed E-state index contributed by atoms with van der Waals surface area (Å²) in [6, 6.07) is 5.26. The molecule has 1 aromatic heterocycles. The van der Waals surface area contributed by atoms with E-state index in [1.54, 1.807) is 22.1 Å². The van der Waals surface area contributed by atoms with Crippen LogP contribution in [0, 0.1) is 6.92 Å². The van der Waals surface area contributed by atoms with Crippen molar-refractivity contribution in [3.63, 3.8) is 0 Å². The van der Waals surface area contributed by atoms with Crippen molar-refractivity contribution in [2.75, 3.05) is 18.4 Å². The van der Waals surface area contributed by atoms with E-state index in [0.717, 1.165) is 24.2 Å². The summed E-state index contributed by atoms with van der Waals surface area (Å²) in [5.74, 6) is 0.0953. The number of likely N-dealkylation sites (tertiary alicyclic amines) is 1. The molecule has 132 valence electrons. The van der Waals surface area contributed by atoms with Gasteiger partial charge in [-0.1, -0.05) is 13.0 Å². The molecule has 8 nitrogen and oxygen atoms in total. The van der Waals surface area contributed by atoms with E-state index in [2.05, 4.69) is 20.8 Å². The molecule has 2 heterocycles. The van der Waals surface area contributed by atoms with Crippen LogP contribution in [0.1, 0.15) is 25.3 Å². The zero-order chi connectivity index (χ0) is 17.8. The van der Waals surface area contributed by atoms with Crippen molar-refractivity contribution < 1.29 is 9.59 Å². The molecular weight excluding hydrogens is 320 g/mol. The summed E-state index contributed by atoms with van der Waals surface area (Å²) < 4.78 is 1.76. The number of nitrogens with zero attached hydrogens (tertiary/aromatic N) is 4. The number of hydrogen-bond donors (Lipinski definition) is 2. The molecule has 0 aliphatic carbocycles. The Labute approximate surface area is 146 Å². The number of benzene rings is 1. The zero-order valence-electron chi connectivity index (χ0n) is 14.4. The molecule has 1 atom stereocenters. The maximum atomic E-state index is 12.3. The van der Waals surface area contributed by atoms with E-state index in [1.165, 1.54) is 0 Å². The summed E-state index contributed by atoms with van der Waals surface area (Å²) in [6.07, 6.45) is 4.47. The number of anilines is 1. The first-order valence-electron chi connectivity index (χ1n) is 8.37. The molecule has 1 fully saturated rings. The molecule has 0 spiro atoms. The number of carbonyl (C=O) groups is 2. The minimum Gasteiger partial charge on any atom is -0.341 e.